The summed E-state index contributed by atoms with van der Waals surface area (Å²) in [6.07, 6.45) is 1.50. The number of morpholine rings is 1. The molecule has 1 fully saturated rings. The van der Waals surface area contributed by atoms with E-state index in [1.807, 2.05) is 23.1 Å². The molecule has 0 spiro atoms. The summed E-state index contributed by atoms with van der Waals surface area (Å²) in [5.41, 5.74) is 4.18. The minimum absolute atomic E-state index is 0.137. The number of halogens is 1. The molecule has 2 heterocycles. The Balaban J connectivity index is 1.57. The van der Waals surface area contributed by atoms with Crippen molar-refractivity contribution in [3.8, 4) is 5.75 Å². The molecule has 3 N–H and O–H groups in total. The number of aromatic nitrogens is 3. The number of hydrogen-bond donors (Lipinski definition) is 3. The third-order valence-corrected chi connectivity index (χ3v) is 4.57. The second-order valence-electron chi connectivity index (χ2n) is 6.44. The molecular formula is C20H20ClN7O2. The highest BCUT2D eigenvalue weighted by Crippen LogP contribution is 2.20. The first-order valence-electron chi connectivity index (χ1n) is 9.36. The molecule has 0 aliphatic carbocycles. The third kappa shape index (κ3) is 5.13. The van der Waals surface area contributed by atoms with Crippen molar-refractivity contribution >= 4 is 41.3 Å². The molecule has 0 radical (unpaired) electrons. The predicted octanol–water partition coefficient (Wildman–Crippen LogP) is 3.26. The van der Waals surface area contributed by atoms with E-state index in [0.29, 0.717) is 48.8 Å². The monoisotopic (exact) mass is 425 g/mol. The lowest BCUT2D eigenvalue weighted by Gasteiger charge is -2.27. The Morgan fingerprint density at radius 2 is 1.73 bits per heavy atom. The maximum Gasteiger partial charge on any atom is 0.250 e. The number of para-hydroxylation sites is 1. The topological polar surface area (TPSA) is 108 Å². The molecule has 9 nitrogen and oxygen atoms in total. The Labute approximate surface area is 178 Å². The Hall–Kier alpha value is -3.43. The number of benzene rings is 2. The molecule has 3 aromatic rings. The number of anilines is 4. The zero-order valence-corrected chi connectivity index (χ0v) is 16.8. The molecule has 2 aromatic carbocycles. The van der Waals surface area contributed by atoms with E-state index in [9.17, 15) is 5.11 Å². The number of ether oxygens (including phenoxy) is 1. The van der Waals surface area contributed by atoms with E-state index < -0.39 is 0 Å². The van der Waals surface area contributed by atoms with Gasteiger partial charge in [0.25, 0.3) is 0 Å². The first-order valence-corrected chi connectivity index (χ1v) is 9.73. The van der Waals surface area contributed by atoms with Gasteiger partial charge in [-0.25, -0.2) is 5.43 Å². The summed E-state index contributed by atoms with van der Waals surface area (Å²) in [5.74, 6) is 1.30. The second-order valence-corrected chi connectivity index (χ2v) is 6.88. The van der Waals surface area contributed by atoms with Gasteiger partial charge in [0.1, 0.15) is 5.75 Å². The average Bonchev–Trinajstić information content (AvgIpc) is 2.77. The first-order chi connectivity index (χ1) is 14.7. The number of rotatable bonds is 6. The fraction of sp³-hybridized carbons (Fsp3) is 0.200. The highest BCUT2D eigenvalue weighted by molar-refractivity contribution is 6.30. The molecule has 1 aliphatic heterocycles. The summed E-state index contributed by atoms with van der Waals surface area (Å²) in [7, 11) is 0. The summed E-state index contributed by atoms with van der Waals surface area (Å²) in [6, 6.07) is 14.1. The maximum absolute atomic E-state index is 9.85. The minimum Gasteiger partial charge on any atom is -0.507 e. The molecule has 0 atom stereocenters. The van der Waals surface area contributed by atoms with E-state index in [0.717, 1.165) is 5.69 Å². The third-order valence-electron chi connectivity index (χ3n) is 4.32. The zero-order chi connectivity index (χ0) is 20.8. The molecule has 0 bridgehead atoms. The van der Waals surface area contributed by atoms with E-state index in [2.05, 4.69) is 30.8 Å². The summed E-state index contributed by atoms with van der Waals surface area (Å²) < 4.78 is 5.41. The lowest BCUT2D eigenvalue weighted by molar-refractivity contribution is 0.122. The van der Waals surface area contributed by atoms with Crippen LogP contribution in [0, 0.1) is 0 Å². The number of nitrogens with one attached hydrogen (secondary N) is 2. The minimum atomic E-state index is 0.137. The maximum atomic E-state index is 9.85. The molecule has 154 valence electrons. The van der Waals surface area contributed by atoms with Crippen molar-refractivity contribution in [3.05, 3.63) is 59.1 Å². The van der Waals surface area contributed by atoms with Gasteiger partial charge in [-0.15, -0.1) is 0 Å². The van der Waals surface area contributed by atoms with Gasteiger partial charge in [0.05, 0.1) is 19.4 Å². The van der Waals surface area contributed by atoms with Crippen molar-refractivity contribution < 1.29 is 9.84 Å². The Morgan fingerprint density at radius 1 is 1.00 bits per heavy atom. The molecule has 10 heteroatoms. The van der Waals surface area contributed by atoms with E-state index in [1.54, 1.807) is 30.3 Å². The van der Waals surface area contributed by atoms with Crippen LogP contribution in [0.2, 0.25) is 5.02 Å². The molecule has 0 unspecified atom stereocenters. The van der Waals surface area contributed by atoms with Crippen LogP contribution in [0.1, 0.15) is 5.56 Å². The Morgan fingerprint density at radius 3 is 2.50 bits per heavy atom. The lowest BCUT2D eigenvalue weighted by Crippen LogP contribution is -2.37. The smallest absolute Gasteiger partial charge is 0.250 e. The Kier molecular flexibility index (Phi) is 6.21. The van der Waals surface area contributed by atoms with Gasteiger partial charge in [-0.05, 0) is 36.4 Å². The summed E-state index contributed by atoms with van der Waals surface area (Å²) in [4.78, 5) is 15.4. The van der Waals surface area contributed by atoms with Crippen molar-refractivity contribution in [1.29, 1.82) is 0 Å². The van der Waals surface area contributed by atoms with Gasteiger partial charge in [-0.1, -0.05) is 23.7 Å². The predicted molar refractivity (Wildman–Crippen MR) is 117 cm³/mol. The number of nitrogens with zero attached hydrogens (tertiary/aromatic N) is 5. The molecule has 1 saturated heterocycles. The first kappa shape index (κ1) is 19.9. The van der Waals surface area contributed by atoms with Crippen molar-refractivity contribution in [2.24, 2.45) is 5.10 Å². The van der Waals surface area contributed by atoms with Gasteiger partial charge in [-0.2, -0.15) is 20.1 Å². The van der Waals surface area contributed by atoms with Crippen LogP contribution in [-0.4, -0.2) is 52.6 Å². The summed E-state index contributed by atoms with van der Waals surface area (Å²) in [5, 5.41) is 17.8. The quantitative estimate of drug-likeness (QED) is 0.408. The van der Waals surface area contributed by atoms with Crippen molar-refractivity contribution in [2.75, 3.05) is 41.9 Å². The number of aromatic hydroxyl groups is 1. The summed E-state index contributed by atoms with van der Waals surface area (Å²) in [6.45, 7) is 2.59. The van der Waals surface area contributed by atoms with Crippen LogP contribution in [-0.2, 0) is 4.74 Å². The van der Waals surface area contributed by atoms with Crippen molar-refractivity contribution in [2.45, 2.75) is 0 Å². The van der Waals surface area contributed by atoms with E-state index in [1.165, 1.54) is 6.21 Å². The fourth-order valence-corrected chi connectivity index (χ4v) is 2.92. The molecular weight excluding hydrogens is 406 g/mol. The number of hydrogen-bond acceptors (Lipinski definition) is 9. The molecule has 30 heavy (non-hydrogen) atoms. The van der Waals surface area contributed by atoms with Crippen LogP contribution in [0.5, 0.6) is 5.75 Å². The molecule has 0 saturated carbocycles. The molecule has 4 rings (SSSR count). The van der Waals surface area contributed by atoms with Crippen LogP contribution in [0.15, 0.2) is 53.6 Å². The van der Waals surface area contributed by atoms with Gasteiger partial charge in [0, 0.05) is 29.4 Å². The van der Waals surface area contributed by atoms with Gasteiger partial charge in [-0.3, -0.25) is 0 Å². The molecule has 1 aliphatic rings. The number of hydrazone groups is 1. The van der Waals surface area contributed by atoms with E-state index in [4.69, 9.17) is 16.3 Å². The largest absolute Gasteiger partial charge is 0.507 e. The summed E-state index contributed by atoms with van der Waals surface area (Å²) >= 11 is 5.95. The van der Waals surface area contributed by atoms with Crippen molar-refractivity contribution in [1.82, 2.24) is 15.0 Å². The number of phenolic OH excluding ortho intramolecular Hbond substituents is 1. The van der Waals surface area contributed by atoms with Crippen LogP contribution < -0.4 is 15.6 Å². The number of phenols is 1. The standard InChI is InChI=1S/C20H20ClN7O2/c21-15-5-7-16(8-6-15)23-18-24-19(26-20(25-18)28-9-11-30-12-10-28)27-22-13-14-3-1-2-4-17(14)29/h1-8,13,29H,9-12H2,(H2,23,24,25,26,27)/b22-13+. The zero-order valence-electron chi connectivity index (χ0n) is 16.0. The van der Waals surface area contributed by atoms with Crippen LogP contribution >= 0.6 is 11.6 Å². The fourth-order valence-electron chi connectivity index (χ4n) is 2.79. The van der Waals surface area contributed by atoms with Crippen LogP contribution in [0.3, 0.4) is 0 Å². The highest BCUT2D eigenvalue weighted by atomic mass is 35.5. The molecule has 1 aromatic heterocycles. The van der Waals surface area contributed by atoms with Crippen LogP contribution in [0.25, 0.3) is 0 Å². The van der Waals surface area contributed by atoms with Crippen molar-refractivity contribution in [3.63, 3.8) is 0 Å². The SMILES string of the molecule is Oc1ccccc1/C=N/Nc1nc(Nc2ccc(Cl)cc2)nc(N2CCOCC2)n1. The van der Waals surface area contributed by atoms with E-state index in [-0.39, 0.29) is 11.7 Å². The molecule has 0 amide bonds. The van der Waals surface area contributed by atoms with Gasteiger partial charge in [0.2, 0.25) is 17.8 Å². The van der Waals surface area contributed by atoms with Gasteiger partial charge >= 0.3 is 0 Å². The van der Waals surface area contributed by atoms with Gasteiger partial charge in [0.15, 0.2) is 0 Å². The lowest BCUT2D eigenvalue weighted by atomic mass is 10.2. The second kappa shape index (κ2) is 9.38. The van der Waals surface area contributed by atoms with Crippen LogP contribution in [0.4, 0.5) is 23.5 Å². The normalized spacial score (nSPS) is 14.1. The Bertz CT molecular complexity index is 1020. The van der Waals surface area contributed by atoms with E-state index >= 15 is 0 Å². The highest BCUT2D eigenvalue weighted by Gasteiger charge is 2.16. The average molecular weight is 426 g/mol. The van der Waals surface area contributed by atoms with Gasteiger partial charge < -0.3 is 20.1 Å².